The van der Waals surface area contributed by atoms with E-state index in [2.05, 4.69) is 10.0 Å². The lowest BCUT2D eigenvalue weighted by Gasteiger charge is -2.20. The molecule has 1 fully saturated rings. The van der Waals surface area contributed by atoms with Gasteiger partial charge in [-0.1, -0.05) is 12.1 Å². The van der Waals surface area contributed by atoms with Crippen LogP contribution in [0, 0.1) is 17.6 Å². The Balaban J connectivity index is 1.43. The van der Waals surface area contributed by atoms with Crippen molar-refractivity contribution in [3.8, 4) is 5.75 Å². The number of nitrogens with one attached hydrogen (secondary N) is 2. The van der Waals surface area contributed by atoms with Crippen LogP contribution >= 0.6 is 0 Å². The minimum Gasteiger partial charge on any atom is -0.489 e. The molecule has 1 saturated carbocycles. The Morgan fingerprint density at radius 3 is 2.68 bits per heavy atom. The van der Waals surface area contributed by atoms with Crippen molar-refractivity contribution in [1.82, 2.24) is 10.0 Å². The van der Waals surface area contributed by atoms with E-state index in [9.17, 15) is 17.2 Å². The number of hydrogen-bond acceptors (Lipinski definition) is 4. The minimum atomic E-state index is -3.31. The van der Waals surface area contributed by atoms with E-state index >= 15 is 0 Å². The third kappa shape index (κ3) is 5.61. The molecule has 4 rings (SSSR count). The van der Waals surface area contributed by atoms with Crippen LogP contribution in [0.1, 0.15) is 35.4 Å². The molecule has 0 heterocycles. The summed E-state index contributed by atoms with van der Waals surface area (Å²) in [5.74, 6) is -0.150. The molecule has 2 aromatic carbocycles. The molecule has 168 valence electrons. The molecule has 2 atom stereocenters. The number of benzene rings is 2. The monoisotopic (exact) mass is 450 g/mol. The van der Waals surface area contributed by atoms with Crippen molar-refractivity contribution in [3.63, 3.8) is 0 Å². The van der Waals surface area contributed by atoms with Gasteiger partial charge in [0.05, 0.1) is 5.75 Å². The van der Waals surface area contributed by atoms with Crippen LogP contribution in [0.2, 0.25) is 0 Å². The third-order valence-electron chi connectivity index (χ3n) is 6.07. The lowest BCUT2D eigenvalue weighted by Crippen LogP contribution is -2.31. The van der Waals surface area contributed by atoms with Crippen molar-refractivity contribution in [2.45, 2.75) is 37.6 Å². The van der Waals surface area contributed by atoms with Gasteiger partial charge in [0.1, 0.15) is 12.4 Å². The van der Waals surface area contributed by atoms with E-state index in [0.29, 0.717) is 12.8 Å². The molecular weight excluding hydrogens is 422 g/mol. The molecule has 0 aliphatic heterocycles. The lowest BCUT2D eigenvalue weighted by molar-refractivity contribution is 0.306. The van der Waals surface area contributed by atoms with Crippen LogP contribution in [0.3, 0.4) is 0 Å². The normalized spacial score (nSPS) is 20.6. The van der Waals surface area contributed by atoms with Crippen molar-refractivity contribution in [3.05, 3.63) is 64.7 Å². The standard InChI is InChI=1S/C23H28F2N2O3S/c1-26-22-12-17-11-21(25)23(30-8-7-27-31(28,29)14-15-5-6-15)13-19(17)20(22)10-16-3-2-4-18(24)9-16/h2-4,9,11,13,15,20,22,26-27H,5-8,10,12,14H2,1H3. The van der Waals surface area contributed by atoms with Gasteiger partial charge in [-0.25, -0.2) is 21.9 Å². The summed E-state index contributed by atoms with van der Waals surface area (Å²) in [5, 5.41) is 3.29. The second-order valence-electron chi connectivity index (χ2n) is 8.49. The molecule has 2 unspecified atom stereocenters. The van der Waals surface area contributed by atoms with Crippen molar-refractivity contribution in [2.24, 2.45) is 5.92 Å². The summed E-state index contributed by atoms with van der Waals surface area (Å²) in [6.07, 6.45) is 3.23. The van der Waals surface area contributed by atoms with Gasteiger partial charge in [0.25, 0.3) is 0 Å². The van der Waals surface area contributed by atoms with E-state index in [4.69, 9.17) is 4.74 Å². The maximum Gasteiger partial charge on any atom is 0.211 e. The topological polar surface area (TPSA) is 67.4 Å². The Kier molecular flexibility index (Phi) is 6.60. The molecule has 0 spiro atoms. The van der Waals surface area contributed by atoms with Crippen molar-refractivity contribution < 1.29 is 21.9 Å². The van der Waals surface area contributed by atoms with Crippen LogP contribution < -0.4 is 14.8 Å². The first kappa shape index (κ1) is 22.2. The number of likely N-dealkylation sites (N-methyl/N-ethyl adjacent to an activating group) is 1. The first-order chi connectivity index (χ1) is 14.8. The molecule has 0 aromatic heterocycles. The van der Waals surface area contributed by atoms with E-state index in [1.165, 1.54) is 18.2 Å². The zero-order chi connectivity index (χ0) is 22.0. The summed E-state index contributed by atoms with van der Waals surface area (Å²) in [7, 11) is -1.44. The summed E-state index contributed by atoms with van der Waals surface area (Å²) < 4.78 is 60.2. The van der Waals surface area contributed by atoms with E-state index in [0.717, 1.165) is 29.5 Å². The van der Waals surface area contributed by atoms with Gasteiger partial charge in [-0.05, 0) is 79.6 Å². The predicted octanol–water partition coefficient (Wildman–Crippen LogP) is 3.14. The number of fused-ring (bicyclic) bond motifs is 1. The number of ether oxygens (including phenoxy) is 1. The van der Waals surface area contributed by atoms with E-state index < -0.39 is 15.8 Å². The highest BCUT2D eigenvalue weighted by molar-refractivity contribution is 7.89. The Bertz CT molecular complexity index is 1040. The maximum atomic E-state index is 14.6. The summed E-state index contributed by atoms with van der Waals surface area (Å²) in [5.41, 5.74) is 2.78. The summed E-state index contributed by atoms with van der Waals surface area (Å²) in [4.78, 5) is 0. The van der Waals surface area contributed by atoms with E-state index in [1.807, 2.05) is 13.1 Å². The van der Waals surface area contributed by atoms with Crippen LogP contribution in [0.4, 0.5) is 8.78 Å². The molecule has 0 amide bonds. The number of sulfonamides is 1. The molecule has 0 radical (unpaired) electrons. The molecule has 0 bridgehead atoms. The highest BCUT2D eigenvalue weighted by atomic mass is 32.2. The van der Waals surface area contributed by atoms with Crippen molar-refractivity contribution >= 4 is 10.0 Å². The molecular formula is C23H28F2N2O3S. The van der Waals surface area contributed by atoms with E-state index in [-0.39, 0.29) is 48.3 Å². The molecule has 8 heteroatoms. The molecule has 2 aliphatic carbocycles. The molecule has 2 aromatic rings. The first-order valence-corrected chi connectivity index (χ1v) is 12.3. The average molecular weight is 451 g/mol. The fraction of sp³-hybridized carbons (Fsp3) is 0.478. The fourth-order valence-corrected chi connectivity index (χ4v) is 5.79. The Morgan fingerprint density at radius 2 is 1.97 bits per heavy atom. The smallest absolute Gasteiger partial charge is 0.211 e. The second-order valence-corrected chi connectivity index (χ2v) is 10.3. The van der Waals surface area contributed by atoms with Gasteiger partial charge in [0.2, 0.25) is 10.0 Å². The SMILES string of the molecule is CNC1Cc2cc(F)c(OCCNS(=O)(=O)CC3CC3)cc2C1Cc1cccc(F)c1. The Hall–Kier alpha value is -2.03. The number of halogens is 2. The van der Waals surface area contributed by atoms with Gasteiger partial charge in [-0.3, -0.25) is 0 Å². The zero-order valence-corrected chi connectivity index (χ0v) is 18.4. The lowest BCUT2D eigenvalue weighted by atomic mass is 9.90. The van der Waals surface area contributed by atoms with Gasteiger partial charge in [0.15, 0.2) is 11.6 Å². The summed E-state index contributed by atoms with van der Waals surface area (Å²) in [6, 6.07) is 9.85. The first-order valence-electron chi connectivity index (χ1n) is 10.7. The van der Waals surface area contributed by atoms with Crippen LogP contribution in [0.5, 0.6) is 5.75 Å². The van der Waals surface area contributed by atoms with Crippen molar-refractivity contribution in [1.29, 1.82) is 0 Å². The summed E-state index contributed by atoms with van der Waals surface area (Å²) in [6.45, 7) is 0.140. The molecule has 0 saturated heterocycles. The number of rotatable bonds is 10. The van der Waals surface area contributed by atoms with Crippen LogP contribution in [0.15, 0.2) is 36.4 Å². The molecule has 2 N–H and O–H groups in total. The molecule has 5 nitrogen and oxygen atoms in total. The highest BCUT2D eigenvalue weighted by Crippen LogP contribution is 2.39. The second kappa shape index (κ2) is 9.22. The zero-order valence-electron chi connectivity index (χ0n) is 17.5. The van der Waals surface area contributed by atoms with Crippen LogP contribution in [-0.2, 0) is 22.9 Å². The largest absolute Gasteiger partial charge is 0.489 e. The van der Waals surface area contributed by atoms with Crippen molar-refractivity contribution in [2.75, 3.05) is 26.0 Å². The molecule has 2 aliphatic rings. The summed E-state index contributed by atoms with van der Waals surface area (Å²) >= 11 is 0. The van der Waals surface area contributed by atoms with E-state index in [1.54, 1.807) is 12.1 Å². The minimum absolute atomic E-state index is 0.0453. The van der Waals surface area contributed by atoms with Gasteiger partial charge in [-0.2, -0.15) is 0 Å². The van der Waals surface area contributed by atoms with Crippen LogP contribution in [-0.4, -0.2) is 40.4 Å². The average Bonchev–Trinajstić information content (AvgIpc) is 3.46. The quantitative estimate of drug-likeness (QED) is 0.546. The van der Waals surface area contributed by atoms with Gasteiger partial charge in [-0.15, -0.1) is 0 Å². The Morgan fingerprint density at radius 1 is 1.16 bits per heavy atom. The van der Waals surface area contributed by atoms with Gasteiger partial charge in [0, 0.05) is 18.5 Å². The fourth-order valence-electron chi connectivity index (χ4n) is 4.32. The Labute approximate surface area is 182 Å². The van der Waals surface area contributed by atoms with Gasteiger partial charge >= 0.3 is 0 Å². The maximum absolute atomic E-state index is 14.6. The van der Waals surface area contributed by atoms with Gasteiger partial charge < -0.3 is 10.1 Å². The predicted molar refractivity (Wildman–Crippen MR) is 116 cm³/mol. The highest BCUT2D eigenvalue weighted by Gasteiger charge is 2.33. The third-order valence-corrected chi connectivity index (χ3v) is 7.62. The number of hydrogen-bond donors (Lipinski definition) is 2. The molecule has 31 heavy (non-hydrogen) atoms. The van der Waals surface area contributed by atoms with Crippen LogP contribution in [0.25, 0.3) is 0 Å².